The van der Waals surface area contributed by atoms with Gasteiger partial charge in [0.2, 0.25) is 5.95 Å². The Morgan fingerprint density at radius 2 is 1.65 bits per heavy atom. The maximum absolute atomic E-state index is 13.8. The van der Waals surface area contributed by atoms with Gasteiger partial charge < -0.3 is 20.7 Å². The van der Waals surface area contributed by atoms with E-state index in [1.807, 2.05) is 4.90 Å². The van der Waals surface area contributed by atoms with Gasteiger partial charge in [-0.25, -0.2) is 9.97 Å². The van der Waals surface area contributed by atoms with E-state index in [2.05, 4.69) is 27.1 Å². The molecule has 2 heterocycles. The monoisotopic (exact) mass is 514 g/mol. The Labute approximate surface area is 213 Å². The number of nitrogens with zero attached hydrogens (tertiary/aromatic N) is 4. The average Bonchev–Trinajstić information content (AvgIpc) is 2.89. The highest BCUT2D eigenvalue weighted by atomic mass is 19.4. The Balaban J connectivity index is 1.35. The van der Waals surface area contributed by atoms with Crippen molar-refractivity contribution in [1.29, 1.82) is 0 Å². The smallest absolute Gasteiger partial charge is 0.416 e. The second-order valence-corrected chi connectivity index (χ2v) is 8.77. The minimum atomic E-state index is -4.53. The summed E-state index contributed by atoms with van der Waals surface area (Å²) in [5.41, 5.74) is 6.62. The second-order valence-electron chi connectivity index (χ2n) is 8.77. The van der Waals surface area contributed by atoms with Crippen molar-refractivity contribution in [2.45, 2.75) is 19.6 Å². The van der Waals surface area contributed by atoms with Crippen LogP contribution in [-0.2, 0) is 17.5 Å². The number of aromatic nitrogens is 2. The minimum absolute atomic E-state index is 0.0687. The fourth-order valence-corrected chi connectivity index (χ4v) is 4.14. The number of carbonyl (C=O) groups is 1. The van der Waals surface area contributed by atoms with Crippen molar-refractivity contribution in [2.24, 2.45) is 0 Å². The number of amides is 1. The molecule has 1 aromatic heterocycles. The third-order valence-corrected chi connectivity index (χ3v) is 6.23. The standard InChI is InChI=1S/C26H29F3N6O2/c1-2-34-9-11-35(12-10-34)16-19-3-6-21(13-23(19)26(27,28)29)33-24(36)17-37-22-7-4-18(5-8-22)20-14-31-25(30)32-15-20/h3-8,13-15H,2,9-12,16-17H2,1H3,(H,33,36)(H2,30,31,32). The van der Waals surface area contributed by atoms with Gasteiger partial charge in [0, 0.05) is 56.4 Å². The number of halogens is 3. The summed E-state index contributed by atoms with van der Waals surface area (Å²) in [5, 5.41) is 2.50. The zero-order valence-corrected chi connectivity index (χ0v) is 20.5. The molecule has 0 bridgehead atoms. The highest BCUT2D eigenvalue weighted by molar-refractivity contribution is 5.92. The van der Waals surface area contributed by atoms with Crippen molar-refractivity contribution >= 4 is 17.5 Å². The van der Waals surface area contributed by atoms with Gasteiger partial charge >= 0.3 is 6.18 Å². The molecule has 1 aliphatic rings. The minimum Gasteiger partial charge on any atom is -0.484 e. The summed E-state index contributed by atoms with van der Waals surface area (Å²) in [5.74, 6) is 0.0505. The first-order valence-corrected chi connectivity index (χ1v) is 12.0. The lowest BCUT2D eigenvalue weighted by molar-refractivity contribution is -0.138. The average molecular weight is 515 g/mol. The van der Waals surface area contributed by atoms with Crippen LogP contribution in [0.5, 0.6) is 5.75 Å². The number of benzene rings is 2. The van der Waals surface area contributed by atoms with Gasteiger partial charge in [0.15, 0.2) is 6.61 Å². The van der Waals surface area contributed by atoms with Crippen LogP contribution in [0.25, 0.3) is 11.1 Å². The molecule has 1 fully saturated rings. The first-order valence-electron chi connectivity index (χ1n) is 12.0. The Kier molecular flexibility index (Phi) is 8.24. The first kappa shape index (κ1) is 26.4. The van der Waals surface area contributed by atoms with Gasteiger partial charge in [0.25, 0.3) is 5.91 Å². The van der Waals surface area contributed by atoms with Crippen molar-refractivity contribution in [3.63, 3.8) is 0 Å². The molecule has 196 valence electrons. The summed E-state index contributed by atoms with van der Waals surface area (Å²) >= 11 is 0. The van der Waals surface area contributed by atoms with Crippen LogP contribution in [0.2, 0.25) is 0 Å². The number of carbonyl (C=O) groups excluding carboxylic acids is 1. The summed E-state index contributed by atoms with van der Waals surface area (Å²) in [6.07, 6.45) is -1.34. The molecule has 1 aliphatic heterocycles. The van der Waals surface area contributed by atoms with Crippen LogP contribution >= 0.6 is 0 Å². The molecule has 37 heavy (non-hydrogen) atoms. The van der Waals surface area contributed by atoms with Crippen LogP contribution in [0, 0.1) is 0 Å². The van der Waals surface area contributed by atoms with Crippen molar-refractivity contribution in [3.05, 3.63) is 66.0 Å². The van der Waals surface area contributed by atoms with E-state index < -0.39 is 17.6 Å². The Bertz CT molecular complexity index is 1190. The lowest BCUT2D eigenvalue weighted by Gasteiger charge is -2.34. The van der Waals surface area contributed by atoms with E-state index in [4.69, 9.17) is 10.5 Å². The normalized spacial score (nSPS) is 14.9. The predicted molar refractivity (Wildman–Crippen MR) is 135 cm³/mol. The van der Waals surface area contributed by atoms with Gasteiger partial charge in [0.1, 0.15) is 5.75 Å². The number of nitrogen functional groups attached to an aromatic ring is 1. The number of hydrogen-bond donors (Lipinski definition) is 2. The highest BCUT2D eigenvalue weighted by Gasteiger charge is 2.34. The number of piperazine rings is 1. The molecule has 0 atom stereocenters. The van der Waals surface area contributed by atoms with Crippen molar-refractivity contribution < 1.29 is 22.7 Å². The number of rotatable bonds is 8. The van der Waals surface area contributed by atoms with Crippen LogP contribution < -0.4 is 15.8 Å². The maximum Gasteiger partial charge on any atom is 0.416 e. The van der Waals surface area contributed by atoms with Gasteiger partial charge in [-0.1, -0.05) is 25.1 Å². The van der Waals surface area contributed by atoms with E-state index in [9.17, 15) is 18.0 Å². The summed E-state index contributed by atoms with van der Waals surface area (Å²) in [4.78, 5) is 24.6. The first-order chi connectivity index (χ1) is 17.7. The van der Waals surface area contributed by atoms with Crippen LogP contribution in [0.1, 0.15) is 18.1 Å². The van der Waals surface area contributed by atoms with Gasteiger partial charge in [-0.3, -0.25) is 9.69 Å². The molecular weight excluding hydrogens is 485 g/mol. The summed E-state index contributed by atoms with van der Waals surface area (Å²) < 4.78 is 46.9. The number of hydrogen-bond acceptors (Lipinski definition) is 7. The molecule has 0 aliphatic carbocycles. The van der Waals surface area contributed by atoms with E-state index in [1.165, 1.54) is 12.1 Å². The molecule has 4 rings (SSSR count). The van der Waals surface area contributed by atoms with Crippen molar-refractivity contribution in [3.8, 4) is 16.9 Å². The van der Waals surface area contributed by atoms with Gasteiger partial charge in [0.05, 0.1) is 5.56 Å². The predicted octanol–water partition coefficient (Wildman–Crippen LogP) is 3.90. The maximum atomic E-state index is 13.8. The summed E-state index contributed by atoms with van der Waals surface area (Å²) in [6, 6.07) is 10.8. The molecule has 3 aromatic rings. The molecule has 0 radical (unpaired) electrons. The fourth-order valence-electron chi connectivity index (χ4n) is 4.14. The van der Waals surface area contributed by atoms with Gasteiger partial charge in [-0.2, -0.15) is 13.2 Å². The largest absolute Gasteiger partial charge is 0.484 e. The zero-order chi connectivity index (χ0) is 26.4. The molecule has 1 saturated heterocycles. The van der Waals surface area contributed by atoms with Crippen LogP contribution in [0.3, 0.4) is 0 Å². The van der Waals surface area contributed by atoms with Gasteiger partial charge in [-0.15, -0.1) is 0 Å². The van der Waals surface area contributed by atoms with E-state index in [0.29, 0.717) is 5.75 Å². The Hall–Kier alpha value is -3.70. The second kappa shape index (κ2) is 11.6. The summed E-state index contributed by atoms with van der Waals surface area (Å²) in [7, 11) is 0. The number of ether oxygens (including phenoxy) is 1. The topological polar surface area (TPSA) is 96.6 Å². The van der Waals surface area contributed by atoms with Crippen LogP contribution in [-0.4, -0.2) is 65.0 Å². The van der Waals surface area contributed by atoms with E-state index in [1.54, 1.807) is 36.7 Å². The van der Waals surface area contributed by atoms with Crippen molar-refractivity contribution in [1.82, 2.24) is 19.8 Å². The lowest BCUT2D eigenvalue weighted by Crippen LogP contribution is -2.45. The quantitative estimate of drug-likeness (QED) is 0.471. The Morgan fingerprint density at radius 3 is 2.27 bits per heavy atom. The molecule has 11 heteroatoms. The highest BCUT2D eigenvalue weighted by Crippen LogP contribution is 2.34. The third kappa shape index (κ3) is 7.17. The molecule has 1 amide bonds. The fraction of sp³-hybridized carbons (Fsp3) is 0.346. The third-order valence-electron chi connectivity index (χ3n) is 6.23. The zero-order valence-electron chi connectivity index (χ0n) is 20.5. The number of alkyl halides is 3. The molecule has 8 nitrogen and oxygen atoms in total. The molecule has 0 spiro atoms. The molecule has 0 unspecified atom stereocenters. The number of nitrogens with two attached hydrogens (primary N) is 1. The SMILES string of the molecule is CCN1CCN(Cc2ccc(NC(=O)COc3ccc(-c4cnc(N)nc4)cc3)cc2C(F)(F)F)CC1. The van der Waals surface area contributed by atoms with Crippen LogP contribution in [0.4, 0.5) is 24.8 Å². The number of nitrogens with one attached hydrogen (secondary N) is 1. The summed E-state index contributed by atoms with van der Waals surface area (Å²) in [6.45, 7) is 5.98. The lowest BCUT2D eigenvalue weighted by atomic mass is 10.0. The number of anilines is 2. The number of likely N-dealkylation sites (N-methyl/N-ethyl adjacent to an activating group) is 1. The van der Waals surface area contributed by atoms with Crippen molar-refractivity contribution in [2.75, 3.05) is 50.4 Å². The van der Waals surface area contributed by atoms with Gasteiger partial charge in [-0.05, 0) is 41.9 Å². The van der Waals surface area contributed by atoms with E-state index >= 15 is 0 Å². The van der Waals surface area contributed by atoms with Crippen LogP contribution in [0.15, 0.2) is 54.9 Å². The van der Waals surface area contributed by atoms with E-state index in [-0.39, 0.29) is 30.4 Å². The molecular formula is C26H29F3N6O2. The Morgan fingerprint density at radius 1 is 1.00 bits per heavy atom. The van der Waals surface area contributed by atoms with E-state index in [0.717, 1.165) is 49.9 Å². The molecule has 2 aromatic carbocycles. The molecule has 3 N–H and O–H groups in total. The molecule has 0 saturated carbocycles.